The molecule has 10 nitrogen and oxygen atoms in total. The van der Waals surface area contributed by atoms with E-state index in [0.29, 0.717) is 0 Å². The summed E-state index contributed by atoms with van der Waals surface area (Å²) in [5.74, 6) is -2.56. The summed E-state index contributed by atoms with van der Waals surface area (Å²) in [5.41, 5.74) is 0.0531. The number of anilines is 1. The van der Waals surface area contributed by atoms with Crippen LogP contribution in [0.15, 0.2) is 35.0 Å². The molecule has 1 unspecified atom stereocenters. The zero-order valence-corrected chi connectivity index (χ0v) is 19.0. The number of halogens is 5. The minimum atomic E-state index is -3.68. The average Bonchev–Trinajstić information content (AvgIpc) is 3.27. The molecule has 35 heavy (non-hydrogen) atoms. The number of nitrogens with zero attached hydrogens (tertiary/aromatic N) is 5. The zero-order chi connectivity index (χ0) is 25.8. The van der Waals surface area contributed by atoms with Crippen molar-refractivity contribution in [1.82, 2.24) is 24.5 Å². The maximum absolute atomic E-state index is 14.8. The van der Waals surface area contributed by atoms with Crippen LogP contribution in [0.4, 0.5) is 27.9 Å². The molecule has 0 spiro atoms. The van der Waals surface area contributed by atoms with Crippen LogP contribution in [0.5, 0.6) is 5.75 Å². The van der Waals surface area contributed by atoms with Gasteiger partial charge in [0.15, 0.2) is 0 Å². The second-order valence-electron chi connectivity index (χ2n) is 7.01. The third-order valence-electron chi connectivity index (χ3n) is 4.61. The second-order valence-corrected chi connectivity index (χ2v) is 9.00. The number of hydrogen-bond acceptors (Lipinski definition) is 9. The van der Waals surface area contributed by atoms with Crippen molar-refractivity contribution >= 4 is 16.0 Å². The predicted molar refractivity (Wildman–Crippen MR) is 112 cm³/mol. The standard InChI is InChI=1S/C19H19F5N6O4S/c1-3-30(35(2,31)32)9-14(12-5-4-11(6-13(12)20)33-18(23)24)27-19-25-7-10(8-26-19)16-28-29-17(34-16)15(21)22/h4-8,14-15,18H,3,9H2,1-2H3,(H,25,26,27). The number of hydrogen-bond donors (Lipinski definition) is 1. The van der Waals surface area contributed by atoms with Gasteiger partial charge in [0.05, 0.1) is 17.9 Å². The van der Waals surface area contributed by atoms with Crippen LogP contribution in [0.2, 0.25) is 0 Å². The average molecular weight is 522 g/mol. The number of likely N-dealkylation sites (N-methyl/N-ethyl adjacent to an activating group) is 1. The van der Waals surface area contributed by atoms with Crippen molar-refractivity contribution in [2.24, 2.45) is 0 Å². The van der Waals surface area contributed by atoms with E-state index in [4.69, 9.17) is 4.42 Å². The molecule has 0 saturated carbocycles. The van der Waals surface area contributed by atoms with E-state index in [0.717, 1.165) is 22.7 Å². The van der Waals surface area contributed by atoms with Gasteiger partial charge in [-0.3, -0.25) is 0 Å². The van der Waals surface area contributed by atoms with Gasteiger partial charge in [-0.1, -0.05) is 13.0 Å². The van der Waals surface area contributed by atoms with Gasteiger partial charge in [-0.05, 0) is 6.07 Å². The topological polar surface area (TPSA) is 123 Å². The SMILES string of the molecule is CCN(CC(Nc1ncc(-c2nnc(C(F)F)o2)cn1)c1ccc(OC(F)F)cc1F)S(C)(=O)=O. The van der Waals surface area contributed by atoms with Crippen molar-refractivity contribution in [3.05, 3.63) is 47.9 Å². The van der Waals surface area contributed by atoms with Crippen molar-refractivity contribution in [3.63, 3.8) is 0 Å². The molecule has 0 radical (unpaired) electrons. The monoisotopic (exact) mass is 522 g/mol. The first kappa shape index (κ1) is 26.2. The van der Waals surface area contributed by atoms with Crippen LogP contribution in [-0.4, -0.2) is 58.8 Å². The lowest BCUT2D eigenvalue weighted by Gasteiger charge is -2.26. The molecule has 0 fully saturated rings. The van der Waals surface area contributed by atoms with Crippen LogP contribution < -0.4 is 10.1 Å². The molecular formula is C19H19F5N6O4S. The number of alkyl halides is 4. The van der Waals surface area contributed by atoms with E-state index in [1.54, 1.807) is 6.92 Å². The highest BCUT2D eigenvalue weighted by Crippen LogP contribution is 2.27. The van der Waals surface area contributed by atoms with Crippen LogP contribution in [-0.2, 0) is 10.0 Å². The molecule has 1 N–H and O–H groups in total. The van der Waals surface area contributed by atoms with Crippen LogP contribution >= 0.6 is 0 Å². The molecule has 0 bridgehead atoms. The molecule has 0 aliphatic rings. The van der Waals surface area contributed by atoms with Gasteiger partial charge in [-0.2, -0.15) is 17.6 Å². The fraction of sp³-hybridized carbons (Fsp3) is 0.368. The normalized spacial score (nSPS) is 13.0. The number of benzene rings is 1. The summed E-state index contributed by atoms with van der Waals surface area (Å²) in [5, 5.41) is 9.47. The van der Waals surface area contributed by atoms with Crippen LogP contribution in [0.25, 0.3) is 11.5 Å². The second kappa shape index (κ2) is 10.9. The van der Waals surface area contributed by atoms with E-state index in [2.05, 4.69) is 30.2 Å². The molecular weight excluding hydrogens is 503 g/mol. The predicted octanol–water partition coefficient (Wildman–Crippen LogP) is 3.64. The molecule has 2 aromatic heterocycles. The number of aromatic nitrogens is 4. The third kappa shape index (κ3) is 6.82. The highest BCUT2D eigenvalue weighted by atomic mass is 32.2. The smallest absolute Gasteiger partial charge is 0.387 e. The van der Waals surface area contributed by atoms with E-state index in [1.807, 2.05) is 0 Å². The number of sulfonamides is 1. The Bertz CT molecular complexity index is 1240. The Hall–Kier alpha value is -3.40. The molecule has 0 aliphatic carbocycles. The highest BCUT2D eigenvalue weighted by molar-refractivity contribution is 7.88. The molecule has 3 aromatic rings. The minimum absolute atomic E-state index is 0.0641. The van der Waals surface area contributed by atoms with Gasteiger partial charge < -0.3 is 14.5 Å². The van der Waals surface area contributed by atoms with Crippen molar-refractivity contribution in [3.8, 4) is 17.2 Å². The van der Waals surface area contributed by atoms with E-state index >= 15 is 0 Å². The molecule has 0 amide bonds. The lowest BCUT2D eigenvalue weighted by Crippen LogP contribution is -2.36. The number of ether oxygens (including phenoxy) is 1. The Labute approximate surface area is 196 Å². The van der Waals surface area contributed by atoms with Gasteiger partial charge in [-0.15, -0.1) is 10.2 Å². The van der Waals surface area contributed by atoms with E-state index < -0.39 is 46.6 Å². The summed E-state index contributed by atoms with van der Waals surface area (Å²) >= 11 is 0. The first-order valence-corrected chi connectivity index (χ1v) is 11.7. The van der Waals surface area contributed by atoms with Gasteiger partial charge in [0.1, 0.15) is 11.6 Å². The van der Waals surface area contributed by atoms with Gasteiger partial charge in [0.25, 0.3) is 11.8 Å². The van der Waals surface area contributed by atoms with E-state index in [-0.39, 0.29) is 36.1 Å². The largest absolute Gasteiger partial charge is 0.435 e. The lowest BCUT2D eigenvalue weighted by atomic mass is 10.1. The van der Waals surface area contributed by atoms with Gasteiger partial charge in [0, 0.05) is 37.1 Å². The molecule has 1 aromatic carbocycles. The van der Waals surface area contributed by atoms with Crippen molar-refractivity contribution in [1.29, 1.82) is 0 Å². The van der Waals surface area contributed by atoms with Gasteiger partial charge >= 0.3 is 13.0 Å². The molecule has 1 atom stereocenters. The Morgan fingerprint density at radius 2 is 1.83 bits per heavy atom. The van der Waals surface area contributed by atoms with E-state index in [9.17, 15) is 30.4 Å². The molecule has 2 heterocycles. The quantitative estimate of drug-likeness (QED) is 0.376. The van der Waals surface area contributed by atoms with Crippen molar-refractivity contribution in [2.75, 3.05) is 24.7 Å². The summed E-state index contributed by atoms with van der Waals surface area (Å²) in [6.07, 6.45) is 0.383. The van der Waals surface area contributed by atoms with Gasteiger partial charge in [-0.25, -0.2) is 27.1 Å². The maximum atomic E-state index is 14.8. The summed E-state index contributed by atoms with van der Waals surface area (Å²) < 4.78 is 99.2. The summed E-state index contributed by atoms with van der Waals surface area (Å²) in [7, 11) is -3.68. The summed E-state index contributed by atoms with van der Waals surface area (Å²) in [6.45, 7) is -1.77. The molecule has 3 rings (SSSR count). The first-order valence-electron chi connectivity index (χ1n) is 9.87. The summed E-state index contributed by atoms with van der Waals surface area (Å²) in [4.78, 5) is 8.01. The zero-order valence-electron chi connectivity index (χ0n) is 18.2. The Kier molecular flexibility index (Phi) is 8.16. The molecule has 190 valence electrons. The fourth-order valence-electron chi connectivity index (χ4n) is 3.00. The minimum Gasteiger partial charge on any atom is -0.435 e. The van der Waals surface area contributed by atoms with Gasteiger partial charge in [0.2, 0.25) is 16.0 Å². The number of rotatable bonds is 11. The van der Waals surface area contributed by atoms with Crippen molar-refractivity contribution < 1.29 is 39.5 Å². The Morgan fingerprint density at radius 3 is 2.34 bits per heavy atom. The molecule has 0 aliphatic heterocycles. The first-order chi connectivity index (χ1) is 16.5. The Morgan fingerprint density at radius 1 is 1.14 bits per heavy atom. The lowest BCUT2D eigenvalue weighted by molar-refractivity contribution is -0.0500. The Balaban J connectivity index is 1.89. The fourth-order valence-corrected chi connectivity index (χ4v) is 3.89. The molecule has 0 saturated heterocycles. The maximum Gasteiger partial charge on any atom is 0.387 e. The summed E-state index contributed by atoms with van der Waals surface area (Å²) in [6, 6.07) is 1.97. The van der Waals surface area contributed by atoms with E-state index in [1.165, 1.54) is 18.5 Å². The van der Waals surface area contributed by atoms with Crippen molar-refractivity contribution in [2.45, 2.75) is 26.0 Å². The van der Waals surface area contributed by atoms with Crippen LogP contribution in [0.1, 0.15) is 30.8 Å². The third-order valence-corrected chi connectivity index (χ3v) is 5.96. The van der Waals surface area contributed by atoms with Crippen LogP contribution in [0, 0.1) is 5.82 Å². The highest BCUT2D eigenvalue weighted by Gasteiger charge is 2.25. The molecule has 16 heteroatoms. The number of nitrogens with one attached hydrogen (secondary N) is 1. The van der Waals surface area contributed by atoms with Crippen LogP contribution in [0.3, 0.4) is 0 Å².